The van der Waals surface area contributed by atoms with Crippen molar-refractivity contribution in [2.75, 3.05) is 6.61 Å². The highest BCUT2D eigenvalue weighted by molar-refractivity contribution is 7.80. The van der Waals surface area contributed by atoms with Gasteiger partial charge in [0.15, 0.2) is 5.11 Å². The lowest BCUT2D eigenvalue weighted by molar-refractivity contribution is 0.0972. The van der Waals surface area contributed by atoms with E-state index in [-0.39, 0.29) is 5.91 Å². The summed E-state index contributed by atoms with van der Waals surface area (Å²) < 4.78 is 5.48. The fourth-order valence-corrected chi connectivity index (χ4v) is 4.53. The molecular formula is C28H26N4O2S. The quantitative estimate of drug-likeness (QED) is 0.258. The van der Waals surface area contributed by atoms with Crippen molar-refractivity contribution in [2.45, 2.75) is 20.0 Å². The summed E-state index contributed by atoms with van der Waals surface area (Å²) >= 11 is 5.78. The van der Waals surface area contributed by atoms with Gasteiger partial charge in [0.05, 0.1) is 6.61 Å². The van der Waals surface area contributed by atoms with Gasteiger partial charge in [0.1, 0.15) is 5.75 Å². The van der Waals surface area contributed by atoms with Gasteiger partial charge in [0.2, 0.25) is 0 Å². The molecule has 0 saturated heterocycles. The van der Waals surface area contributed by atoms with Gasteiger partial charge in [-0.2, -0.15) is 0 Å². The molecule has 6 nitrogen and oxygen atoms in total. The molecule has 0 bridgehead atoms. The Balaban J connectivity index is 1.41. The van der Waals surface area contributed by atoms with Gasteiger partial charge in [-0.25, -0.2) is 0 Å². The Bertz CT molecular complexity index is 1410. The zero-order valence-electron chi connectivity index (χ0n) is 19.4. The third-order valence-corrected chi connectivity index (χ3v) is 6.39. The van der Waals surface area contributed by atoms with Gasteiger partial charge in [-0.05, 0) is 78.8 Å². The molecule has 0 aliphatic heterocycles. The van der Waals surface area contributed by atoms with E-state index >= 15 is 0 Å². The highest BCUT2D eigenvalue weighted by Crippen LogP contribution is 2.23. The molecule has 0 unspecified atom stereocenters. The molecular weight excluding hydrogens is 456 g/mol. The molecule has 0 saturated carbocycles. The number of fused-ring (bicyclic) bond motifs is 2. The third kappa shape index (κ3) is 4.90. The molecule has 0 aliphatic rings. The van der Waals surface area contributed by atoms with Crippen molar-refractivity contribution >= 4 is 45.0 Å². The van der Waals surface area contributed by atoms with E-state index in [0.717, 1.165) is 38.7 Å². The number of thiocarbonyl (C=S) groups is 1. The Morgan fingerprint density at radius 2 is 1.43 bits per heavy atom. The fourth-order valence-electron chi connectivity index (χ4n) is 4.31. The average molecular weight is 483 g/mol. The molecule has 3 N–H and O–H groups in total. The molecule has 2 heterocycles. The van der Waals surface area contributed by atoms with Crippen molar-refractivity contribution in [2.24, 2.45) is 0 Å². The number of carbonyl (C=O) groups is 1. The van der Waals surface area contributed by atoms with Crippen LogP contribution < -0.4 is 10.1 Å². The van der Waals surface area contributed by atoms with E-state index < -0.39 is 0 Å². The minimum atomic E-state index is -0.247. The fraction of sp³-hybridized carbons (Fsp3) is 0.143. The molecule has 5 aromatic rings. The van der Waals surface area contributed by atoms with Crippen LogP contribution >= 0.6 is 12.2 Å². The first-order valence-electron chi connectivity index (χ1n) is 11.6. The van der Waals surface area contributed by atoms with Gasteiger partial charge in [-0.15, -0.1) is 0 Å². The Kier molecular flexibility index (Phi) is 6.50. The second kappa shape index (κ2) is 10.0. The Morgan fingerprint density at radius 3 is 1.97 bits per heavy atom. The van der Waals surface area contributed by atoms with Gasteiger partial charge in [-0.3, -0.25) is 10.1 Å². The number of H-pyrrole nitrogens is 2. The summed E-state index contributed by atoms with van der Waals surface area (Å²) in [7, 11) is 0. The number of hydrogen-bond acceptors (Lipinski definition) is 3. The van der Waals surface area contributed by atoms with Crippen molar-refractivity contribution in [1.29, 1.82) is 0 Å². The summed E-state index contributed by atoms with van der Waals surface area (Å²) in [6.07, 6.45) is 3.87. The molecule has 1 amide bonds. The minimum absolute atomic E-state index is 0.247. The summed E-state index contributed by atoms with van der Waals surface area (Å²) in [5, 5.41) is 5.59. The number of carbonyl (C=O) groups excluding carboxylic acids is 1. The third-order valence-electron chi connectivity index (χ3n) is 6.03. The Hall–Kier alpha value is -4.10. The normalized spacial score (nSPS) is 11.0. The van der Waals surface area contributed by atoms with E-state index in [1.807, 2.05) is 36.4 Å². The highest BCUT2D eigenvalue weighted by Gasteiger charge is 2.18. The lowest BCUT2D eigenvalue weighted by atomic mass is 10.1. The van der Waals surface area contributed by atoms with E-state index in [9.17, 15) is 4.79 Å². The maximum atomic E-state index is 13.0. The van der Waals surface area contributed by atoms with Crippen LogP contribution in [0, 0.1) is 0 Å². The first-order chi connectivity index (χ1) is 17.1. The summed E-state index contributed by atoms with van der Waals surface area (Å²) in [5.74, 6) is 0.482. The number of benzene rings is 3. The number of aromatic amines is 2. The molecule has 0 radical (unpaired) electrons. The van der Waals surface area contributed by atoms with Gasteiger partial charge < -0.3 is 19.6 Å². The number of aromatic nitrogens is 2. The first kappa shape index (κ1) is 22.7. The molecule has 0 atom stereocenters. The average Bonchev–Trinajstić information content (AvgIpc) is 3.55. The standard InChI is InChI=1S/C28H26N4O2S/c1-2-34-22-11-9-19(10-12-22)27(33)31-28(35)32(17-20-5-3-7-25-23(20)13-15-29-25)18-21-6-4-8-26-24(21)14-16-30-26/h3-16,29-30H,2,17-18H2,1H3,(H,31,33,35). The number of nitrogens with zero attached hydrogens (tertiary/aromatic N) is 1. The van der Waals surface area contributed by atoms with Crippen LogP contribution in [-0.4, -0.2) is 32.5 Å². The van der Waals surface area contributed by atoms with Crippen LogP contribution in [0.2, 0.25) is 0 Å². The van der Waals surface area contributed by atoms with Gasteiger partial charge in [-0.1, -0.05) is 24.3 Å². The van der Waals surface area contributed by atoms with E-state index in [1.54, 1.807) is 24.3 Å². The van der Waals surface area contributed by atoms with Crippen LogP contribution in [0.1, 0.15) is 28.4 Å². The Morgan fingerprint density at radius 1 is 0.857 bits per heavy atom. The van der Waals surface area contributed by atoms with Crippen molar-refractivity contribution in [3.63, 3.8) is 0 Å². The second-order valence-corrected chi connectivity index (χ2v) is 8.67. The van der Waals surface area contributed by atoms with Crippen molar-refractivity contribution in [3.05, 3.63) is 102 Å². The molecule has 2 aromatic heterocycles. The summed E-state index contributed by atoms with van der Waals surface area (Å²) in [6.45, 7) is 3.61. The zero-order valence-corrected chi connectivity index (χ0v) is 20.2. The van der Waals surface area contributed by atoms with Crippen LogP contribution in [0.3, 0.4) is 0 Å². The summed E-state index contributed by atoms with van der Waals surface area (Å²) in [4.78, 5) is 21.6. The molecule has 0 aliphatic carbocycles. The van der Waals surface area contributed by atoms with Gasteiger partial charge >= 0.3 is 0 Å². The molecule has 35 heavy (non-hydrogen) atoms. The number of nitrogens with one attached hydrogen (secondary N) is 3. The number of ether oxygens (including phenoxy) is 1. The van der Waals surface area contributed by atoms with Crippen LogP contribution in [0.15, 0.2) is 85.2 Å². The van der Waals surface area contributed by atoms with Gasteiger partial charge in [0, 0.05) is 52.9 Å². The molecule has 5 rings (SSSR count). The maximum Gasteiger partial charge on any atom is 0.257 e. The highest BCUT2D eigenvalue weighted by atomic mass is 32.1. The summed E-state index contributed by atoms with van der Waals surface area (Å²) in [6, 6.07) is 23.6. The summed E-state index contributed by atoms with van der Waals surface area (Å²) in [5.41, 5.74) is 4.92. The molecule has 0 fully saturated rings. The largest absolute Gasteiger partial charge is 0.494 e. The molecule has 7 heteroatoms. The van der Waals surface area contributed by atoms with Crippen LogP contribution in [0.25, 0.3) is 21.8 Å². The zero-order chi connectivity index (χ0) is 24.2. The van der Waals surface area contributed by atoms with Crippen molar-refractivity contribution in [3.8, 4) is 5.75 Å². The number of amides is 1. The van der Waals surface area contributed by atoms with Crippen molar-refractivity contribution in [1.82, 2.24) is 20.2 Å². The SMILES string of the molecule is CCOc1ccc(C(=O)NC(=S)N(Cc2cccc3[nH]ccc23)Cc2cccc3[nH]ccc23)cc1. The predicted octanol–water partition coefficient (Wildman–Crippen LogP) is 5.77. The predicted molar refractivity (Wildman–Crippen MR) is 144 cm³/mol. The van der Waals surface area contributed by atoms with Crippen LogP contribution in [0.5, 0.6) is 5.75 Å². The van der Waals surface area contributed by atoms with Gasteiger partial charge in [0.25, 0.3) is 5.91 Å². The van der Waals surface area contributed by atoms with E-state index in [2.05, 4.69) is 51.7 Å². The first-order valence-corrected chi connectivity index (χ1v) is 12.0. The van der Waals surface area contributed by atoms with E-state index in [4.69, 9.17) is 17.0 Å². The molecule has 176 valence electrons. The lowest BCUT2D eigenvalue weighted by Gasteiger charge is -2.26. The molecule has 3 aromatic carbocycles. The van der Waals surface area contributed by atoms with Crippen molar-refractivity contribution < 1.29 is 9.53 Å². The number of hydrogen-bond donors (Lipinski definition) is 3. The lowest BCUT2D eigenvalue weighted by Crippen LogP contribution is -2.42. The Labute approximate surface area is 208 Å². The van der Waals surface area contributed by atoms with Crippen LogP contribution in [0.4, 0.5) is 0 Å². The smallest absolute Gasteiger partial charge is 0.257 e. The van der Waals surface area contributed by atoms with E-state index in [0.29, 0.717) is 30.4 Å². The topological polar surface area (TPSA) is 73.2 Å². The monoisotopic (exact) mass is 482 g/mol. The van der Waals surface area contributed by atoms with Crippen LogP contribution in [-0.2, 0) is 13.1 Å². The molecule has 0 spiro atoms. The van der Waals surface area contributed by atoms with E-state index in [1.165, 1.54) is 0 Å². The second-order valence-electron chi connectivity index (χ2n) is 8.28. The maximum absolute atomic E-state index is 13.0. The minimum Gasteiger partial charge on any atom is -0.494 e. The number of rotatable bonds is 7.